The Bertz CT molecular complexity index is 107. The van der Waals surface area contributed by atoms with Crippen LogP contribution in [0, 0.1) is 5.92 Å². The van der Waals surface area contributed by atoms with E-state index in [1.807, 2.05) is 0 Å². The minimum Gasteiger partial charge on any atom is -0.148 e. The second kappa shape index (κ2) is 9.47. The molecule has 0 saturated heterocycles. The smallest absolute Gasteiger partial charge is 0.148 e. The van der Waals surface area contributed by atoms with Crippen molar-refractivity contribution in [1.29, 1.82) is 0 Å². The first kappa shape index (κ1) is 13.9. The molecular weight excluding hydrogens is 174 g/mol. The molecule has 0 aromatic carbocycles. The fourth-order valence-corrected chi connectivity index (χ4v) is 1.16. The summed E-state index contributed by atoms with van der Waals surface area (Å²) in [7, 11) is 0. The molecule has 0 aliphatic heterocycles. The number of hydrogen-bond donors (Lipinski definition) is 0. The molecular formula is C12H27NO+. The van der Waals surface area contributed by atoms with Crippen LogP contribution in [-0.4, -0.2) is 19.7 Å². The third-order valence-corrected chi connectivity index (χ3v) is 2.11. The van der Waals surface area contributed by atoms with E-state index in [1.165, 1.54) is 25.7 Å². The van der Waals surface area contributed by atoms with E-state index in [9.17, 15) is 0 Å². The van der Waals surface area contributed by atoms with Crippen molar-refractivity contribution in [2.75, 3.05) is 19.7 Å². The number of nitrogens with zero attached hydrogens (tertiary/aromatic N) is 1. The number of hydroxylamine groups is 2. The van der Waals surface area contributed by atoms with Gasteiger partial charge >= 0.3 is 0 Å². The van der Waals surface area contributed by atoms with Crippen LogP contribution >= 0.6 is 0 Å². The SMILES string of the molecule is CCCC[N+](CCCC)OCC(C)C. The summed E-state index contributed by atoms with van der Waals surface area (Å²) in [6.45, 7) is 11.9. The highest BCUT2D eigenvalue weighted by molar-refractivity contribution is 4.53. The Morgan fingerprint density at radius 3 is 1.86 bits per heavy atom. The minimum atomic E-state index is 0.626. The molecule has 0 atom stereocenters. The Kier molecular flexibility index (Phi) is 9.42. The molecule has 0 rings (SSSR count). The van der Waals surface area contributed by atoms with Crippen molar-refractivity contribution in [2.45, 2.75) is 53.4 Å². The third-order valence-electron chi connectivity index (χ3n) is 2.11. The lowest BCUT2D eigenvalue weighted by atomic mass is 10.2. The van der Waals surface area contributed by atoms with Crippen LogP contribution in [0.1, 0.15) is 53.4 Å². The summed E-state index contributed by atoms with van der Waals surface area (Å²) in [5.41, 5.74) is 0. The molecule has 0 unspecified atom stereocenters. The van der Waals surface area contributed by atoms with Crippen LogP contribution in [-0.2, 0) is 4.84 Å². The molecule has 0 amide bonds. The summed E-state index contributed by atoms with van der Waals surface area (Å²) in [4.78, 5) is 5.74. The number of unbranched alkanes of at least 4 members (excludes halogenated alkanes) is 2. The van der Waals surface area contributed by atoms with Gasteiger partial charge in [0.15, 0.2) is 13.1 Å². The van der Waals surface area contributed by atoms with Crippen LogP contribution < -0.4 is 5.06 Å². The maximum Gasteiger partial charge on any atom is 0.160 e. The molecule has 0 aliphatic rings. The lowest BCUT2D eigenvalue weighted by Crippen LogP contribution is -2.33. The van der Waals surface area contributed by atoms with Crippen molar-refractivity contribution in [3.63, 3.8) is 0 Å². The first-order valence-corrected chi connectivity index (χ1v) is 6.08. The first-order valence-electron chi connectivity index (χ1n) is 6.08. The Morgan fingerprint density at radius 1 is 1.00 bits per heavy atom. The largest absolute Gasteiger partial charge is 0.160 e. The van der Waals surface area contributed by atoms with Crippen LogP contribution in [0.3, 0.4) is 0 Å². The molecule has 0 heterocycles. The lowest BCUT2D eigenvalue weighted by molar-refractivity contribution is -0.0835. The summed E-state index contributed by atoms with van der Waals surface area (Å²) >= 11 is 0. The van der Waals surface area contributed by atoms with Crippen molar-refractivity contribution in [1.82, 2.24) is 5.06 Å². The van der Waals surface area contributed by atoms with E-state index in [-0.39, 0.29) is 0 Å². The minimum absolute atomic E-state index is 0.626. The van der Waals surface area contributed by atoms with E-state index in [0.717, 1.165) is 19.7 Å². The zero-order chi connectivity index (χ0) is 10.8. The van der Waals surface area contributed by atoms with E-state index in [2.05, 4.69) is 32.8 Å². The second-order valence-corrected chi connectivity index (χ2v) is 4.33. The zero-order valence-corrected chi connectivity index (χ0v) is 10.4. The van der Waals surface area contributed by atoms with Gasteiger partial charge in [0.05, 0.1) is 0 Å². The maximum absolute atomic E-state index is 5.74. The van der Waals surface area contributed by atoms with Crippen molar-refractivity contribution in [3.05, 3.63) is 0 Å². The Morgan fingerprint density at radius 2 is 1.50 bits per heavy atom. The van der Waals surface area contributed by atoms with Crippen molar-refractivity contribution in [3.8, 4) is 0 Å². The van der Waals surface area contributed by atoms with Gasteiger partial charge in [-0.05, 0) is 11.0 Å². The van der Waals surface area contributed by atoms with Crippen LogP contribution in [0.5, 0.6) is 0 Å². The predicted octanol–water partition coefficient (Wildman–Crippen LogP) is 3.31. The van der Waals surface area contributed by atoms with Crippen molar-refractivity contribution < 1.29 is 4.84 Å². The highest BCUT2D eigenvalue weighted by atomic mass is 16.7. The Labute approximate surface area is 89.6 Å². The summed E-state index contributed by atoms with van der Waals surface area (Å²) in [5, 5.41) is 2.15. The first-order chi connectivity index (χ1) is 6.70. The summed E-state index contributed by atoms with van der Waals surface area (Å²) in [6, 6.07) is 0. The maximum atomic E-state index is 5.74. The van der Waals surface area contributed by atoms with E-state index >= 15 is 0 Å². The Balaban J connectivity index is 3.60. The molecule has 0 saturated carbocycles. The van der Waals surface area contributed by atoms with Gasteiger partial charge in [-0.15, -0.1) is 4.84 Å². The normalized spacial score (nSPS) is 11.6. The van der Waals surface area contributed by atoms with Crippen LogP contribution in [0.2, 0.25) is 0 Å². The average molecular weight is 201 g/mol. The molecule has 0 aromatic heterocycles. The molecule has 0 aromatic rings. The molecule has 2 nitrogen and oxygen atoms in total. The van der Waals surface area contributed by atoms with Crippen molar-refractivity contribution >= 4 is 0 Å². The van der Waals surface area contributed by atoms with Gasteiger partial charge < -0.3 is 0 Å². The summed E-state index contributed by atoms with van der Waals surface area (Å²) in [6.07, 6.45) is 4.96. The van der Waals surface area contributed by atoms with Crippen LogP contribution in [0.4, 0.5) is 0 Å². The fraction of sp³-hybridized carbons (Fsp3) is 1.00. The van der Waals surface area contributed by atoms with Crippen LogP contribution in [0.15, 0.2) is 0 Å². The lowest BCUT2D eigenvalue weighted by Gasteiger charge is -2.10. The summed E-state index contributed by atoms with van der Waals surface area (Å²) < 4.78 is 0. The fourth-order valence-electron chi connectivity index (χ4n) is 1.16. The van der Waals surface area contributed by atoms with Gasteiger partial charge in [0.1, 0.15) is 6.61 Å². The molecule has 2 heteroatoms. The van der Waals surface area contributed by atoms with E-state index in [0.29, 0.717) is 5.92 Å². The van der Waals surface area contributed by atoms with Crippen LogP contribution in [0.25, 0.3) is 0 Å². The standard InChI is InChI=1S/C12H27NO/c1-5-7-9-13(10-8-6-2)14-11-12(3)4/h12H,5-11H2,1-4H3/q+1. The van der Waals surface area contributed by atoms with Crippen molar-refractivity contribution in [2.24, 2.45) is 5.92 Å². The topological polar surface area (TPSA) is 15.1 Å². The Hall–Kier alpha value is -0.0800. The molecule has 0 N–H and O–H groups in total. The monoisotopic (exact) mass is 201 g/mol. The van der Waals surface area contributed by atoms with Gasteiger partial charge in [-0.25, -0.2) is 0 Å². The van der Waals surface area contributed by atoms with Gasteiger partial charge in [-0.1, -0.05) is 40.5 Å². The quantitative estimate of drug-likeness (QED) is 0.412. The second-order valence-electron chi connectivity index (χ2n) is 4.33. The highest BCUT2D eigenvalue weighted by Gasteiger charge is 2.15. The van der Waals surface area contributed by atoms with Gasteiger partial charge in [-0.2, -0.15) is 0 Å². The third kappa shape index (κ3) is 8.52. The number of rotatable bonds is 9. The average Bonchev–Trinajstić information content (AvgIpc) is 2.16. The van der Waals surface area contributed by atoms with Gasteiger partial charge in [-0.3, -0.25) is 0 Å². The zero-order valence-electron chi connectivity index (χ0n) is 10.4. The molecule has 85 valence electrons. The van der Waals surface area contributed by atoms with E-state index in [1.54, 1.807) is 0 Å². The van der Waals surface area contributed by atoms with E-state index in [4.69, 9.17) is 4.84 Å². The van der Waals surface area contributed by atoms with Gasteiger partial charge in [0, 0.05) is 12.8 Å². The molecule has 0 spiro atoms. The summed E-state index contributed by atoms with van der Waals surface area (Å²) in [5.74, 6) is 0.626. The van der Waals surface area contributed by atoms with E-state index < -0.39 is 0 Å². The molecule has 0 bridgehead atoms. The predicted molar refractivity (Wildman–Crippen MR) is 62.5 cm³/mol. The number of hydrogen-bond acceptors (Lipinski definition) is 2. The van der Waals surface area contributed by atoms with Gasteiger partial charge in [0.25, 0.3) is 0 Å². The molecule has 14 heavy (non-hydrogen) atoms. The van der Waals surface area contributed by atoms with Gasteiger partial charge in [0.2, 0.25) is 0 Å². The molecule has 0 aliphatic carbocycles. The highest BCUT2D eigenvalue weighted by Crippen LogP contribution is 2.00. The molecule has 0 fully saturated rings. The molecule has 1 radical (unpaired) electrons.